The Morgan fingerprint density at radius 1 is 1.17 bits per heavy atom. The molecule has 0 bridgehead atoms. The Kier molecular flexibility index (Phi) is 5.87. The van der Waals surface area contributed by atoms with Crippen molar-refractivity contribution in [2.24, 2.45) is 0 Å². The van der Waals surface area contributed by atoms with Crippen molar-refractivity contribution in [3.8, 4) is 5.69 Å². The number of likely N-dealkylation sites (tertiary alicyclic amines) is 1. The predicted octanol–water partition coefficient (Wildman–Crippen LogP) is 4.61. The SMILES string of the molecule is Cc1nn(-c2cccc(Cl)c2)c2sc(C(=O)OCC(=O)N3CCCCCC3)cc12. The molecule has 1 saturated heterocycles. The Morgan fingerprint density at radius 2 is 1.93 bits per heavy atom. The van der Waals surface area contributed by atoms with Crippen LogP contribution in [0, 0.1) is 6.92 Å². The lowest BCUT2D eigenvalue weighted by molar-refractivity contribution is -0.134. The van der Waals surface area contributed by atoms with Gasteiger partial charge in [-0.1, -0.05) is 30.5 Å². The summed E-state index contributed by atoms with van der Waals surface area (Å²) >= 11 is 7.41. The number of hydrogen-bond donors (Lipinski definition) is 0. The van der Waals surface area contributed by atoms with Crippen molar-refractivity contribution in [3.63, 3.8) is 0 Å². The van der Waals surface area contributed by atoms with Gasteiger partial charge in [0.2, 0.25) is 0 Å². The summed E-state index contributed by atoms with van der Waals surface area (Å²) in [6.45, 7) is 3.17. The minimum absolute atomic E-state index is 0.123. The smallest absolute Gasteiger partial charge is 0.348 e. The number of ether oxygens (including phenoxy) is 1. The normalized spacial score (nSPS) is 14.8. The minimum Gasteiger partial charge on any atom is -0.451 e. The number of halogens is 1. The molecule has 1 aliphatic rings. The van der Waals surface area contributed by atoms with E-state index in [-0.39, 0.29) is 12.5 Å². The van der Waals surface area contributed by atoms with Crippen molar-refractivity contribution in [1.29, 1.82) is 0 Å². The number of esters is 1. The first-order chi connectivity index (χ1) is 14.0. The lowest BCUT2D eigenvalue weighted by Gasteiger charge is -2.19. The number of aromatic nitrogens is 2. The van der Waals surface area contributed by atoms with Gasteiger partial charge < -0.3 is 9.64 Å². The van der Waals surface area contributed by atoms with Crippen LogP contribution < -0.4 is 0 Å². The topological polar surface area (TPSA) is 64.4 Å². The van der Waals surface area contributed by atoms with Crippen molar-refractivity contribution in [2.45, 2.75) is 32.6 Å². The standard InChI is InChI=1S/C21H22ClN3O3S/c1-14-17-12-18(21(27)28-13-19(26)24-9-4-2-3-5-10-24)29-20(17)25(23-14)16-8-6-7-15(22)11-16/h6-8,11-12H,2-5,9-10,13H2,1H3. The molecule has 1 amide bonds. The second-order valence-corrected chi connectivity index (χ2v) is 8.64. The van der Waals surface area contributed by atoms with Crippen molar-refractivity contribution < 1.29 is 14.3 Å². The fraction of sp³-hybridized carbons (Fsp3) is 0.381. The monoisotopic (exact) mass is 431 g/mol. The number of benzene rings is 1. The van der Waals surface area contributed by atoms with Gasteiger partial charge in [0.25, 0.3) is 5.91 Å². The van der Waals surface area contributed by atoms with Crippen LogP contribution in [-0.2, 0) is 9.53 Å². The van der Waals surface area contributed by atoms with E-state index >= 15 is 0 Å². The lowest BCUT2D eigenvalue weighted by atomic mass is 10.2. The molecule has 1 fully saturated rings. The van der Waals surface area contributed by atoms with Crippen LogP contribution in [-0.4, -0.2) is 46.3 Å². The van der Waals surface area contributed by atoms with Crippen LogP contribution in [0.25, 0.3) is 15.9 Å². The molecule has 0 spiro atoms. The molecule has 152 valence electrons. The fourth-order valence-corrected chi connectivity index (χ4v) is 4.80. The van der Waals surface area contributed by atoms with E-state index < -0.39 is 5.97 Å². The number of nitrogens with zero attached hydrogens (tertiary/aromatic N) is 3. The zero-order valence-electron chi connectivity index (χ0n) is 16.2. The molecule has 29 heavy (non-hydrogen) atoms. The average molecular weight is 432 g/mol. The highest BCUT2D eigenvalue weighted by Crippen LogP contribution is 2.31. The Hall–Kier alpha value is -2.38. The number of amides is 1. The molecule has 2 aromatic heterocycles. The van der Waals surface area contributed by atoms with Crippen LogP contribution in [0.1, 0.15) is 41.0 Å². The molecule has 1 aliphatic heterocycles. The zero-order chi connectivity index (χ0) is 20.4. The maximum Gasteiger partial charge on any atom is 0.348 e. The van der Waals surface area contributed by atoms with Crippen molar-refractivity contribution >= 4 is 45.0 Å². The second-order valence-electron chi connectivity index (χ2n) is 7.18. The number of carbonyl (C=O) groups is 2. The van der Waals surface area contributed by atoms with Crippen molar-refractivity contribution in [2.75, 3.05) is 19.7 Å². The summed E-state index contributed by atoms with van der Waals surface area (Å²) in [7, 11) is 0. The molecular formula is C21H22ClN3O3S. The van der Waals surface area contributed by atoms with Crippen molar-refractivity contribution in [3.05, 3.63) is 45.9 Å². The largest absolute Gasteiger partial charge is 0.451 e. The number of hydrogen-bond acceptors (Lipinski definition) is 5. The predicted molar refractivity (Wildman–Crippen MR) is 114 cm³/mol. The van der Waals surface area contributed by atoms with E-state index in [2.05, 4.69) is 5.10 Å². The van der Waals surface area contributed by atoms with Gasteiger partial charge in [-0.25, -0.2) is 9.48 Å². The number of fused-ring (bicyclic) bond motifs is 1. The van der Waals surface area contributed by atoms with Crippen LogP contribution in [0.5, 0.6) is 0 Å². The summed E-state index contributed by atoms with van der Waals surface area (Å²) in [5, 5.41) is 6.07. The van der Waals surface area contributed by atoms with Gasteiger partial charge in [-0.2, -0.15) is 5.10 Å². The summed E-state index contributed by atoms with van der Waals surface area (Å²) < 4.78 is 7.10. The van der Waals surface area contributed by atoms with E-state index in [1.165, 1.54) is 11.3 Å². The molecule has 0 saturated carbocycles. The molecule has 0 unspecified atom stereocenters. The molecule has 0 radical (unpaired) electrons. The number of thiophene rings is 1. The van der Waals surface area contributed by atoms with E-state index in [4.69, 9.17) is 16.3 Å². The summed E-state index contributed by atoms with van der Waals surface area (Å²) in [6.07, 6.45) is 4.31. The Balaban J connectivity index is 1.50. The van der Waals surface area contributed by atoms with Gasteiger partial charge in [-0.15, -0.1) is 11.3 Å². The fourth-order valence-electron chi connectivity index (χ4n) is 3.54. The van der Waals surface area contributed by atoms with Crippen LogP contribution in [0.3, 0.4) is 0 Å². The van der Waals surface area contributed by atoms with Gasteiger partial charge in [-0.3, -0.25) is 4.79 Å². The summed E-state index contributed by atoms with van der Waals surface area (Å²) in [5.41, 5.74) is 1.64. The first-order valence-corrected chi connectivity index (χ1v) is 10.9. The molecular weight excluding hydrogens is 410 g/mol. The third-order valence-electron chi connectivity index (χ3n) is 5.08. The van der Waals surface area contributed by atoms with E-state index in [1.807, 2.05) is 25.1 Å². The molecule has 3 heterocycles. The lowest BCUT2D eigenvalue weighted by Crippen LogP contribution is -2.35. The van der Waals surface area contributed by atoms with E-state index in [0.717, 1.165) is 60.4 Å². The molecule has 3 aromatic rings. The highest BCUT2D eigenvalue weighted by molar-refractivity contribution is 7.20. The number of aryl methyl sites for hydroxylation is 1. The Labute approximate surface area is 178 Å². The first-order valence-electron chi connectivity index (χ1n) is 9.73. The highest BCUT2D eigenvalue weighted by Gasteiger charge is 2.21. The number of carbonyl (C=O) groups excluding carboxylic acids is 2. The molecule has 4 rings (SSSR count). The number of rotatable bonds is 4. The van der Waals surface area contributed by atoms with Crippen LogP contribution >= 0.6 is 22.9 Å². The van der Waals surface area contributed by atoms with Gasteiger partial charge >= 0.3 is 5.97 Å². The van der Waals surface area contributed by atoms with Crippen LogP contribution in [0.15, 0.2) is 30.3 Å². The van der Waals surface area contributed by atoms with Gasteiger partial charge in [0.1, 0.15) is 9.71 Å². The quantitative estimate of drug-likeness (QED) is 0.566. The van der Waals surface area contributed by atoms with E-state index in [9.17, 15) is 9.59 Å². The van der Waals surface area contributed by atoms with Crippen molar-refractivity contribution in [1.82, 2.24) is 14.7 Å². The Bertz CT molecular complexity index is 1050. The summed E-state index contributed by atoms with van der Waals surface area (Å²) in [5.74, 6) is -0.603. The molecule has 0 N–H and O–H groups in total. The molecule has 1 aromatic carbocycles. The summed E-state index contributed by atoms with van der Waals surface area (Å²) in [6, 6.07) is 9.18. The van der Waals surface area contributed by atoms with Crippen LogP contribution in [0.4, 0.5) is 0 Å². The Morgan fingerprint density at radius 3 is 2.66 bits per heavy atom. The zero-order valence-corrected chi connectivity index (χ0v) is 17.8. The molecule has 6 nitrogen and oxygen atoms in total. The van der Waals surface area contributed by atoms with E-state index in [1.54, 1.807) is 21.7 Å². The van der Waals surface area contributed by atoms with Gasteiger partial charge in [0.15, 0.2) is 6.61 Å². The molecule has 0 atom stereocenters. The van der Waals surface area contributed by atoms with Gasteiger partial charge in [0.05, 0.1) is 11.4 Å². The average Bonchev–Trinajstić information content (AvgIpc) is 3.15. The van der Waals surface area contributed by atoms with Gasteiger partial charge in [0, 0.05) is 23.5 Å². The molecule has 8 heteroatoms. The second kappa shape index (κ2) is 8.55. The summed E-state index contributed by atoms with van der Waals surface area (Å²) in [4.78, 5) is 28.0. The van der Waals surface area contributed by atoms with E-state index in [0.29, 0.717) is 9.90 Å². The molecule has 0 aliphatic carbocycles. The third-order valence-corrected chi connectivity index (χ3v) is 6.41. The van der Waals surface area contributed by atoms with Gasteiger partial charge in [-0.05, 0) is 44.0 Å². The maximum absolute atomic E-state index is 12.5. The van der Waals surface area contributed by atoms with Crippen LogP contribution in [0.2, 0.25) is 5.02 Å². The highest BCUT2D eigenvalue weighted by atomic mass is 35.5. The third kappa shape index (κ3) is 4.31. The minimum atomic E-state index is -0.480. The maximum atomic E-state index is 12.5. The first kappa shape index (κ1) is 19.9.